The standard InChI is InChI=1S/C11H22N2O/c1-3-4-5-8-13(2)11(14)10-6-7-12-9-10/h10,12H,3-9H2,1-2H3. The Hall–Kier alpha value is -0.570. The van der Waals surface area contributed by atoms with Crippen LogP contribution < -0.4 is 5.32 Å². The molecule has 1 atom stereocenters. The zero-order chi connectivity index (χ0) is 10.4. The third-order valence-corrected chi connectivity index (χ3v) is 2.88. The van der Waals surface area contributed by atoms with E-state index in [2.05, 4.69) is 12.2 Å². The van der Waals surface area contributed by atoms with Gasteiger partial charge in [-0.05, 0) is 19.4 Å². The van der Waals surface area contributed by atoms with Crippen LogP contribution in [-0.4, -0.2) is 37.5 Å². The average molecular weight is 198 g/mol. The van der Waals surface area contributed by atoms with E-state index in [9.17, 15) is 4.79 Å². The summed E-state index contributed by atoms with van der Waals surface area (Å²) in [4.78, 5) is 13.7. The topological polar surface area (TPSA) is 32.3 Å². The molecule has 1 heterocycles. The summed E-state index contributed by atoms with van der Waals surface area (Å²) in [6, 6.07) is 0. The number of carbonyl (C=O) groups excluding carboxylic acids is 1. The number of hydrogen-bond donors (Lipinski definition) is 1. The smallest absolute Gasteiger partial charge is 0.226 e. The van der Waals surface area contributed by atoms with Crippen LogP contribution in [0.15, 0.2) is 0 Å². The molecule has 3 heteroatoms. The zero-order valence-electron chi connectivity index (χ0n) is 9.38. The summed E-state index contributed by atoms with van der Waals surface area (Å²) >= 11 is 0. The molecule has 1 rings (SSSR count). The molecule has 0 aromatic carbocycles. The number of amides is 1. The van der Waals surface area contributed by atoms with Crippen molar-refractivity contribution in [2.24, 2.45) is 5.92 Å². The molecule has 0 saturated carbocycles. The molecule has 1 amide bonds. The van der Waals surface area contributed by atoms with E-state index in [0.29, 0.717) is 5.91 Å². The predicted molar refractivity (Wildman–Crippen MR) is 58.1 cm³/mol. The summed E-state index contributed by atoms with van der Waals surface area (Å²) in [5.74, 6) is 0.563. The van der Waals surface area contributed by atoms with E-state index in [0.717, 1.165) is 32.5 Å². The molecule has 1 fully saturated rings. The van der Waals surface area contributed by atoms with Gasteiger partial charge in [0.2, 0.25) is 5.91 Å². The Balaban J connectivity index is 2.21. The van der Waals surface area contributed by atoms with E-state index in [4.69, 9.17) is 0 Å². The van der Waals surface area contributed by atoms with Gasteiger partial charge in [0.25, 0.3) is 0 Å². The van der Waals surface area contributed by atoms with Gasteiger partial charge in [-0.25, -0.2) is 0 Å². The van der Waals surface area contributed by atoms with Crippen molar-refractivity contribution in [1.29, 1.82) is 0 Å². The zero-order valence-corrected chi connectivity index (χ0v) is 9.38. The van der Waals surface area contributed by atoms with Crippen molar-refractivity contribution in [2.45, 2.75) is 32.6 Å². The lowest BCUT2D eigenvalue weighted by Gasteiger charge is -2.20. The maximum atomic E-state index is 11.8. The Labute approximate surface area is 86.9 Å². The van der Waals surface area contributed by atoms with E-state index in [-0.39, 0.29) is 5.92 Å². The molecule has 82 valence electrons. The maximum Gasteiger partial charge on any atom is 0.226 e. The second-order valence-corrected chi connectivity index (χ2v) is 4.16. The fourth-order valence-electron chi connectivity index (χ4n) is 1.89. The fraction of sp³-hybridized carbons (Fsp3) is 0.909. The van der Waals surface area contributed by atoms with Crippen LogP contribution in [0.5, 0.6) is 0 Å². The minimum atomic E-state index is 0.238. The monoisotopic (exact) mass is 198 g/mol. The van der Waals surface area contributed by atoms with E-state index in [1.165, 1.54) is 12.8 Å². The molecule has 1 saturated heterocycles. The number of nitrogens with zero attached hydrogens (tertiary/aromatic N) is 1. The Morgan fingerprint density at radius 1 is 1.50 bits per heavy atom. The first kappa shape index (κ1) is 11.5. The van der Waals surface area contributed by atoms with Crippen LogP contribution in [0.25, 0.3) is 0 Å². The predicted octanol–water partition coefficient (Wildman–Crippen LogP) is 1.24. The fourth-order valence-corrected chi connectivity index (χ4v) is 1.89. The Morgan fingerprint density at radius 3 is 2.86 bits per heavy atom. The first-order chi connectivity index (χ1) is 6.75. The first-order valence-corrected chi connectivity index (χ1v) is 5.71. The minimum Gasteiger partial charge on any atom is -0.345 e. The van der Waals surface area contributed by atoms with Crippen molar-refractivity contribution in [1.82, 2.24) is 10.2 Å². The molecule has 0 spiro atoms. The van der Waals surface area contributed by atoms with E-state index >= 15 is 0 Å². The van der Waals surface area contributed by atoms with E-state index in [1.807, 2.05) is 11.9 Å². The summed E-state index contributed by atoms with van der Waals surface area (Å²) in [6.07, 6.45) is 4.59. The summed E-state index contributed by atoms with van der Waals surface area (Å²) in [5, 5.41) is 3.23. The molecule has 14 heavy (non-hydrogen) atoms. The van der Waals surface area contributed by atoms with Gasteiger partial charge in [0, 0.05) is 20.1 Å². The average Bonchev–Trinajstić information content (AvgIpc) is 2.69. The second-order valence-electron chi connectivity index (χ2n) is 4.16. The molecule has 1 aliphatic heterocycles. The quantitative estimate of drug-likeness (QED) is 0.674. The third kappa shape index (κ3) is 3.29. The van der Waals surface area contributed by atoms with Gasteiger partial charge in [0.15, 0.2) is 0 Å². The Bertz CT molecular complexity index is 176. The third-order valence-electron chi connectivity index (χ3n) is 2.88. The number of hydrogen-bond acceptors (Lipinski definition) is 2. The van der Waals surface area contributed by atoms with Crippen molar-refractivity contribution >= 4 is 5.91 Å². The molecule has 3 nitrogen and oxygen atoms in total. The van der Waals surface area contributed by atoms with E-state index < -0.39 is 0 Å². The summed E-state index contributed by atoms with van der Waals surface area (Å²) in [7, 11) is 1.93. The van der Waals surface area contributed by atoms with Gasteiger partial charge in [0.1, 0.15) is 0 Å². The van der Waals surface area contributed by atoms with Gasteiger partial charge >= 0.3 is 0 Å². The molecule has 0 bridgehead atoms. The van der Waals surface area contributed by atoms with Gasteiger partial charge in [-0.15, -0.1) is 0 Å². The normalized spacial score (nSPS) is 21.1. The summed E-state index contributed by atoms with van der Waals surface area (Å²) < 4.78 is 0. The van der Waals surface area contributed by atoms with Crippen LogP contribution in [0, 0.1) is 5.92 Å². The molecule has 0 aromatic rings. The molecule has 1 aliphatic rings. The van der Waals surface area contributed by atoms with Gasteiger partial charge < -0.3 is 10.2 Å². The van der Waals surface area contributed by atoms with Crippen LogP contribution in [0.4, 0.5) is 0 Å². The van der Waals surface area contributed by atoms with Crippen LogP contribution in [0.2, 0.25) is 0 Å². The number of carbonyl (C=O) groups is 1. The van der Waals surface area contributed by atoms with Gasteiger partial charge in [0.05, 0.1) is 5.92 Å². The number of nitrogens with one attached hydrogen (secondary N) is 1. The highest BCUT2D eigenvalue weighted by Crippen LogP contribution is 2.11. The lowest BCUT2D eigenvalue weighted by Crippen LogP contribution is -2.34. The summed E-state index contributed by atoms with van der Waals surface area (Å²) in [6.45, 7) is 4.97. The largest absolute Gasteiger partial charge is 0.345 e. The Kier molecular flexibility index (Phi) is 4.94. The van der Waals surface area contributed by atoms with Crippen LogP contribution in [0.3, 0.4) is 0 Å². The second kappa shape index (κ2) is 6.02. The highest BCUT2D eigenvalue weighted by Gasteiger charge is 2.24. The van der Waals surface area contributed by atoms with Crippen LogP contribution in [-0.2, 0) is 4.79 Å². The SMILES string of the molecule is CCCCCN(C)C(=O)C1CCNC1. The van der Waals surface area contributed by atoms with Gasteiger partial charge in [-0.3, -0.25) is 4.79 Å². The first-order valence-electron chi connectivity index (χ1n) is 5.71. The number of unbranched alkanes of at least 4 members (excludes halogenated alkanes) is 2. The highest BCUT2D eigenvalue weighted by molar-refractivity contribution is 5.79. The highest BCUT2D eigenvalue weighted by atomic mass is 16.2. The molecule has 1 unspecified atom stereocenters. The Morgan fingerprint density at radius 2 is 2.29 bits per heavy atom. The number of rotatable bonds is 5. The molecule has 1 N–H and O–H groups in total. The lowest BCUT2D eigenvalue weighted by atomic mass is 10.1. The minimum absolute atomic E-state index is 0.238. The molecular weight excluding hydrogens is 176 g/mol. The van der Waals surface area contributed by atoms with Gasteiger partial charge in [-0.2, -0.15) is 0 Å². The van der Waals surface area contributed by atoms with Crippen molar-refractivity contribution in [3.8, 4) is 0 Å². The van der Waals surface area contributed by atoms with E-state index in [1.54, 1.807) is 0 Å². The molecule has 0 aliphatic carbocycles. The molecular formula is C11H22N2O. The van der Waals surface area contributed by atoms with Crippen LogP contribution in [0.1, 0.15) is 32.6 Å². The van der Waals surface area contributed by atoms with Crippen molar-refractivity contribution in [2.75, 3.05) is 26.7 Å². The van der Waals surface area contributed by atoms with Crippen LogP contribution >= 0.6 is 0 Å². The summed E-state index contributed by atoms with van der Waals surface area (Å²) in [5.41, 5.74) is 0. The van der Waals surface area contributed by atoms with Crippen molar-refractivity contribution in [3.05, 3.63) is 0 Å². The molecule has 0 aromatic heterocycles. The molecule has 0 radical (unpaired) electrons. The maximum absolute atomic E-state index is 11.8. The van der Waals surface area contributed by atoms with Crippen molar-refractivity contribution < 1.29 is 4.79 Å². The van der Waals surface area contributed by atoms with Crippen molar-refractivity contribution in [3.63, 3.8) is 0 Å². The van der Waals surface area contributed by atoms with Gasteiger partial charge in [-0.1, -0.05) is 19.8 Å². The lowest BCUT2D eigenvalue weighted by molar-refractivity contribution is -0.133.